The van der Waals surface area contributed by atoms with E-state index in [1.165, 1.54) is 5.56 Å². The molecule has 0 bridgehead atoms. The molecule has 0 radical (unpaired) electrons. The normalized spacial score (nSPS) is 22.4. The van der Waals surface area contributed by atoms with Crippen LogP contribution in [0.3, 0.4) is 0 Å². The monoisotopic (exact) mass is 395 g/mol. The number of ether oxygens (including phenoxy) is 1. The predicted octanol–water partition coefficient (Wildman–Crippen LogP) is 4.22. The summed E-state index contributed by atoms with van der Waals surface area (Å²) in [6.07, 6.45) is 2.32. The van der Waals surface area contributed by atoms with Crippen LogP contribution < -0.4 is 4.74 Å². The molecule has 6 heteroatoms. The number of benzene rings is 2. The fraction of sp³-hybridized carbons (Fsp3) is 0.364. The summed E-state index contributed by atoms with van der Waals surface area (Å²) >= 11 is 6.06. The highest BCUT2D eigenvalue weighted by Gasteiger charge is 2.51. The van der Waals surface area contributed by atoms with Gasteiger partial charge in [-0.15, -0.1) is 0 Å². The minimum Gasteiger partial charge on any atom is -0.466 e. The van der Waals surface area contributed by atoms with Gasteiger partial charge in [-0.25, -0.2) is 5.01 Å². The van der Waals surface area contributed by atoms with Crippen LogP contribution in [-0.2, 0) is 4.79 Å². The molecule has 1 amide bonds. The number of hydrogen-bond acceptors (Lipinski definition) is 4. The third-order valence-corrected chi connectivity index (χ3v) is 6.33. The Hall–Kier alpha value is -2.53. The minimum atomic E-state index is -0.501. The summed E-state index contributed by atoms with van der Waals surface area (Å²) in [5, 5.41) is 7.92. The van der Waals surface area contributed by atoms with Crippen molar-refractivity contribution >= 4 is 23.2 Å². The molecule has 1 spiro atoms. The van der Waals surface area contributed by atoms with Crippen molar-refractivity contribution in [1.29, 1.82) is 0 Å². The van der Waals surface area contributed by atoms with Crippen LogP contribution in [0, 0.1) is 0 Å². The SMILES string of the molecule is CC(=O)N1CCC2(CC1)Oc1ccccc1C1CC(c3ccc(Cl)cc3)=NN12. The van der Waals surface area contributed by atoms with E-state index in [1.54, 1.807) is 6.92 Å². The fourth-order valence-electron chi connectivity index (χ4n) is 4.55. The highest BCUT2D eigenvalue weighted by atomic mass is 35.5. The average molecular weight is 396 g/mol. The van der Waals surface area contributed by atoms with Crippen LogP contribution in [0.25, 0.3) is 0 Å². The van der Waals surface area contributed by atoms with E-state index in [1.807, 2.05) is 41.3 Å². The molecule has 0 N–H and O–H groups in total. The Labute approximate surface area is 169 Å². The lowest BCUT2D eigenvalue weighted by Gasteiger charge is -2.51. The third kappa shape index (κ3) is 2.76. The molecule has 5 rings (SSSR count). The predicted molar refractivity (Wildman–Crippen MR) is 108 cm³/mol. The van der Waals surface area contributed by atoms with E-state index >= 15 is 0 Å². The van der Waals surface area contributed by atoms with Crippen molar-refractivity contribution in [2.45, 2.75) is 38.0 Å². The average Bonchev–Trinajstić information content (AvgIpc) is 3.16. The zero-order valence-electron chi connectivity index (χ0n) is 15.8. The van der Waals surface area contributed by atoms with Crippen molar-refractivity contribution in [2.24, 2.45) is 5.10 Å². The first kappa shape index (κ1) is 17.6. The topological polar surface area (TPSA) is 45.1 Å². The number of piperidine rings is 1. The van der Waals surface area contributed by atoms with Crippen molar-refractivity contribution in [3.8, 4) is 5.75 Å². The number of rotatable bonds is 1. The molecule has 1 unspecified atom stereocenters. The van der Waals surface area contributed by atoms with Gasteiger partial charge in [0, 0.05) is 49.9 Å². The Kier molecular flexibility index (Phi) is 4.09. The second kappa shape index (κ2) is 6.52. The highest BCUT2D eigenvalue weighted by molar-refractivity contribution is 6.30. The summed E-state index contributed by atoms with van der Waals surface area (Å²) in [7, 11) is 0. The Bertz CT molecular complexity index is 949. The number of carbonyl (C=O) groups is 1. The standard InChI is InChI=1S/C22H22ClN3O2/c1-15(27)25-12-10-22(11-13-25)26-20(18-4-2-3-5-21(18)28-22)14-19(24-26)16-6-8-17(23)9-7-16/h2-9,20H,10-14H2,1H3. The van der Waals surface area contributed by atoms with Gasteiger partial charge in [0.15, 0.2) is 0 Å². The number of hydrazone groups is 1. The van der Waals surface area contributed by atoms with E-state index in [2.05, 4.69) is 17.1 Å². The van der Waals surface area contributed by atoms with Gasteiger partial charge in [0.2, 0.25) is 11.6 Å². The number of fused-ring (bicyclic) bond motifs is 4. The van der Waals surface area contributed by atoms with Crippen molar-refractivity contribution < 1.29 is 9.53 Å². The fourth-order valence-corrected chi connectivity index (χ4v) is 4.67. The molecule has 144 valence electrons. The van der Waals surface area contributed by atoms with Crippen LogP contribution in [0.2, 0.25) is 5.02 Å². The number of halogens is 1. The second-order valence-electron chi connectivity index (χ2n) is 7.71. The van der Waals surface area contributed by atoms with E-state index in [0.29, 0.717) is 13.1 Å². The van der Waals surface area contributed by atoms with E-state index in [0.717, 1.165) is 41.3 Å². The molecule has 0 aliphatic carbocycles. The molecule has 28 heavy (non-hydrogen) atoms. The summed E-state index contributed by atoms with van der Waals surface area (Å²) < 4.78 is 6.57. The summed E-state index contributed by atoms with van der Waals surface area (Å²) in [5.74, 6) is 1.06. The van der Waals surface area contributed by atoms with E-state index < -0.39 is 5.72 Å². The summed E-state index contributed by atoms with van der Waals surface area (Å²) in [5.41, 5.74) is 2.82. The van der Waals surface area contributed by atoms with Crippen LogP contribution in [-0.4, -0.2) is 40.3 Å². The van der Waals surface area contributed by atoms with Gasteiger partial charge in [0.1, 0.15) is 5.75 Å². The zero-order chi connectivity index (χ0) is 19.3. The largest absolute Gasteiger partial charge is 0.466 e. The number of nitrogens with zero attached hydrogens (tertiary/aromatic N) is 3. The molecule has 1 saturated heterocycles. The number of carbonyl (C=O) groups excluding carboxylic acids is 1. The first-order valence-electron chi connectivity index (χ1n) is 9.72. The molecule has 5 nitrogen and oxygen atoms in total. The van der Waals surface area contributed by atoms with Gasteiger partial charge < -0.3 is 9.64 Å². The maximum atomic E-state index is 11.8. The Morgan fingerprint density at radius 3 is 2.57 bits per heavy atom. The molecule has 3 aliphatic heterocycles. The van der Waals surface area contributed by atoms with Crippen molar-refractivity contribution in [2.75, 3.05) is 13.1 Å². The maximum absolute atomic E-state index is 11.8. The summed E-state index contributed by atoms with van der Waals surface area (Å²) in [6, 6.07) is 16.3. The molecule has 2 aromatic carbocycles. The molecule has 2 aromatic rings. The lowest BCUT2D eigenvalue weighted by atomic mass is 9.90. The van der Waals surface area contributed by atoms with Gasteiger partial charge >= 0.3 is 0 Å². The van der Waals surface area contributed by atoms with E-state index in [-0.39, 0.29) is 11.9 Å². The van der Waals surface area contributed by atoms with Gasteiger partial charge in [0.25, 0.3) is 0 Å². The van der Waals surface area contributed by atoms with Crippen molar-refractivity contribution in [1.82, 2.24) is 9.91 Å². The van der Waals surface area contributed by atoms with E-state index in [9.17, 15) is 4.79 Å². The third-order valence-electron chi connectivity index (χ3n) is 6.07. The second-order valence-corrected chi connectivity index (χ2v) is 8.15. The van der Waals surface area contributed by atoms with Crippen LogP contribution in [0.4, 0.5) is 0 Å². The smallest absolute Gasteiger partial charge is 0.219 e. The van der Waals surface area contributed by atoms with Crippen LogP contribution in [0.15, 0.2) is 53.6 Å². The Morgan fingerprint density at radius 1 is 1.14 bits per heavy atom. The van der Waals surface area contributed by atoms with E-state index in [4.69, 9.17) is 21.4 Å². The van der Waals surface area contributed by atoms with Crippen molar-refractivity contribution in [3.05, 3.63) is 64.7 Å². The maximum Gasteiger partial charge on any atom is 0.219 e. The molecule has 0 saturated carbocycles. The molecule has 3 aliphatic rings. The van der Waals surface area contributed by atoms with Gasteiger partial charge in [-0.1, -0.05) is 41.9 Å². The molecule has 1 fully saturated rings. The van der Waals surface area contributed by atoms with Gasteiger partial charge in [0.05, 0.1) is 11.8 Å². The molecular formula is C22H22ClN3O2. The van der Waals surface area contributed by atoms with Crippen LogP contribution in [0.5, 0.6) is 5.75 Å². The van der Waals surface area contributed by atoms with Crippen LogP contribution >= 0.6 is 11.6 Å². The first-order chi connectivity index (χ1) is 13.6. The molecule has 0 aromatic heterocycles. The Morgan fingerprint density at radius 2 is 1.86 bits per heavy atom. The quantitative estimate of drug-likeness (QED) is 0.726. The number of likely N-dealkylation sites (tertiary alicyclic amines) is 1. The first-order valence-corrected chi connectivity index (χ1v) is 10.1. The van der Waals surface area contributed by atoms with Gasteiger partial charge in [-0.3, -0.25) is 4.79 Å². The van der Waals surface area contributed by atoms with Gasteiger partial charge in [-0.2, -0.15) is 5.10 Å². The number of hydrogen-bond donors (Lipinski definition) is 0. The number of amides is 1. The Balaban J connectivity index is 1.53. The minimum absolute atomic E-state index is 0.120. The highest BCUT2D eigenvalue weighted by Crippen LogP contribution is 2.49. The summed E-state index contributed by atoms with van der Waals surface area (Å²) in [4.78, 5) is 13.7. The zero-order valence-corrected chi connectivity index (χ0v) is 16.5. The molecular weight excluding hydrogens is 374 g/mol. The number of para-hydroxylation sites is 1. The lowest BCUT2D eigenvalue weighted by molar-refractivity contribution is -0.158. The van der Waals surface area contributed by atoms with Gasteiger partial charge in [-0.05, 0) is 23.8 Å². The van der Waals surface area contributed by atoms with Crippen LogP contribution in [0.1, 0.15) is 43.4 Å². The molecule has 3 heterocycles. The lowest BCUT2D eigenvalue weighted by Crippen LogP contribution is -2.59. The summed E-state index contributed by atoms with van der Waals surface area (Å²) in [6.45, 7) is 3.00. The van der Waals surface area contributed by atoms with Crippen molar-refractivity contribution in [3.63, 3.8) is 0 Å². The molecule has 1 atom stereocenters.